The zero-order valence-corrected chi connectivity index (χ0v) is 16.5. The maximum absolute atomic E-state index is 12.5. The van der Waals surface area contributed by atoms with Gasteiger partial charge in [0.2, 0.25) is 5.91 Å². The number of fused-ring (bicyclic) bond motifs is 2. The molecule has 150 valence electrons. The maximum atomic E-state index is 12.5. The molecule has 6 nitrogen and oxygen atoms in total. The van der Waals surface area contributed by atoms with Gasteiger partial charge in [-0.05, 0) is 54.7 Å². The number of methoxy groups -OCH3 is 1. The van der Waals surface area contributed by atoms with Gasteiger partial charge >= 0.3 is 5.63 Å². The normalized spacial score (nSPS) is 12.9. The number of carbonyl (C=O) groups excluding carboxylic acids is 1. The number of carbonyl (C=O) groups is 1. The van der Waals surface area contributed by atoms with E-state index >= 15 is 0 Å². The minimum absolute atomic E-state index is 0.0236. The van der Waals surface area contributed by atoms with Gasteiger partial charge in [-0.15, -0.1) is 0 Å². The van der Waals surface area contributed by atoms with Crippen molar-refractivity contribution in [2.75, 3.05) is 13.7 Å². The molecule has 1 aliphatic heterocycles. The van der Waals surface area contributed by atoms with E-state index in [-0.39, 0.29) is 12.3 Å². The van der Waals surface area contributed by atoms with Crippen LogP contribution in [-0.4, -0.2) is 19.6 Å². The summed E-state index contributed by atoms with van der Waals surface area (Å²) in [6.07, 6.45) is 1.97. The molecular formula is C23H23NO5. The molecule has 0 atom stereocenters. The van der Waals surface area contributed by atoms with Crippen LogP contribution in [-0.2, 0) is 24.2 Å². The molecule has 0 aliphatic carbocycles. The Hall–Kier alpha value is -3.28. The van der Waals surface area contributed by atoms with Crippen LogP contribution in [0.5, 0.6) is 11.5 Å². The van der Waals surface area contributed by atoms with Crippen LogP contribution in [0.4, 0.5) is 0 Å². The van der Waals surface area contributed by atoms with E-state index in [9.17, 15) is 9.59 Å². The molecule has 29 heavy (non-hydrogen) atoms. The lowest BCUT2D eigenvalue weighted by Gasteiger charge is -2.18. The van der Waals surface area contributed by atoms with E-state index in [1.165, 1.54) is 5.56 Å². The topological polar surface area (TPSA) is 77.8 Å². The van der Waals surface area contributed by atoms with E-state index in [2.05, 4.69) is 11.4 Å². The average Bonchev–Trinajstić information content (AvgIpc) is 2.74. The van der Waals surface area contributed by atoms with Crippen LogP contribution in [0.1, 0.15) is 28.7 Å². The van der Waals surface area contributed by atoms with Gasteiger partial charge in [0.15, 0.2) is 0 Å². The zero-order valence-electron chi connectivity index (χ0n) is 16.5. The molecule has 2 heterocycles. The van der Waals surface area contributed by atoms with Crippen molar-refractivity contribution in [2.24, 2.45) is 0 Å². The first-order valence-electron chi connectivity index (χ1n) is 9.67. The van der Waals surface area contributed by atoms with Crippen molar-refractivity contribution in [2.45, 2.75) is 32.7 Å². The van der Waals surface area contributed by atoms with Gasteiger partial charge in [-0.25, -0.2) is 4.79 Å². The quantitative estimate of drug-likeness (QED) is 0.673. The van der Waals surface area contributed by atoms with Crippen molar-refractivity contribution >= 4 is 16.9 Å². The summed E-state index contributed by atoms with van der Waals surface area (Å²) in [5.41, 5.74) is 3.26. The van der Waals surface area contributed by atoms with Gasteiger partial charge < -0.3 is 19.2 Å². The van der Waals surface area contributed by atoms with Crippen LogP contribution >= 0.6 is 0 Å². The van der Waals surface area contributed by atoms with Gasteiger partial charge in [-0.1, -0.05) is 12.1 Å². The van der Waals surface area contributed by atoms with E-state index < -0.39 is 5.63 Å². The Morgan fingerprint density at radius 1 is 1.21 bits per heavy atom. The van der Waals surface area contributed by atoms with Gasteiger partial charge in [-0.3, -0.25) is 4.79 Å². The lowest BCUT2D eigenvalue weighted by molar-refractivity contribution is -0.120. The van der Waals surface area contributed by atoms with Crippen LogP contribution in [0.15, 0.2) is 45.6 Å². The second-order valence-corrected chi connectivity index (χ2v) is 7.20. The average molecular weight is 393 g/mol. The smallest absolute Gasteiger partial charge is 0.340 e. The van der Waals surface area contributed by atoms with Crippen LogP contribution in [0.25, 0.3) is 11.0 Å². The molecule has 0 bridgehead atoms. The SMILES string of the molecule is COc1ccc2c(C)c(CC(=O)NCc3ccc4c(c3)CCCO4)c(=O)oc2c1. The molecule has 0 saturated carbocycles. The molecule has 0 saturated heterocycles. The first-order valence-corrected chi connectivity index (χ1v) is 9.67. The summed E-state index contributed by atoms with van der Waals surface area (Å²) in [4.78, 5) is 24.9. The van der Waals surface area contributed by atoms with Crippen molar-refractivity contribution < 1.29 is 18.7 Å². The molecule has 1 amide bonds. The summed E-state index contributed by atoms with van der Waals surface area (Å²) in [6.45, 7) is 2.99. The fraction of sp³-hybridized carbons (Fsp3) is 0.304. The number of amides is 1. The molecule has 1 aromatic heterocycles. The fourth-order valence-electron chi connectivity index (χ4n) is 3.65. The van der Waals surface area contributed by atoms with Crippen molar-refractivity contribution in [1.29, 1.82) is 0 Å². The predicted octanol–water partition coefficient (Wildman–Crippen LogP) is 3.29. The molecule has 4 rings (SSSR count). The van der Waals surface area contributed by atoms with Crippen molar-refractivity contribution in [1.82, 2.24) is 5.32 Å². The van der Waals surface area contributed by atoms with E-state index in [1.807, 2.05) is 25.1 Å². The lowest BCUT2D eigenvalue weighted by atomic mass is 10.0. The fourth-order valence-corrected chi connectivity index (χ4v) is 3.65. The number of aryl methyl sites for hydroxylation is 2. The molecule has 0 radical (unpaired) electrons. The molecular weight excluding hydrogens is 370 g/mol. The Balaban J connectivity index is 1.48. The Bertz CT molecular complexity index is 1130. The molecule has 2 aromatic carbocycles. The Labute approximate surface area is 168 Å². The van der Waals surface area contributed by atoms with Crippen molar-refractivity contribution in [3.05, 3.63) is 69.1 Å². The molecule has 3 aromatic rings. The minimum Gasteiger partial charge on any atom is -0.497 e. The number of ether oxygens (including phenoxy) is 2. The molecule has 0 spiro atoms. The van der Waals surface area contributed by atoms with Gasteiger partial charge in [0.05, 0.1) is 25.7 Å². The highest BCUT2D eigenvalue weighted by molar-refractivity contribution is 5.85. The number of hydrogen-bond donors (Lipinski definition) is 1. The molecule has 0 fully saturated rings. The van der Waals surface area contributed by atoms with Crippen LogP contribution in [0, 0.1) is 6.92 Å². The van der Waals surface area contributed by atoms with E-state index in [4.69, 9.17) is 13.9 Å². The summed E-state index contributed by atoms with van der Waals surface area (Å²) >= 11 is 0. The Morgan fingerprint density at radius 3 is 2.90 bits per heavy atom. The van der Waals surface area contributed by atoms with E-state index in [0.717, 1.165) is 41.7 Å². The standard InChI is InChI=1S/C23H23NO5/c1-14-18-7-6-17(27-2)11-21(18)29-23(26)19(14)12-22(25)24-13-15-5-8-20-16(10-15)4-3-9-28-20/h5-8,10-11H,3-4,9,12-13H2,1-2H3,(H,24,25). The predicted molar refractivity (Wildman–Crippen MR) is 110 cm³/mol. The summed E-state index contributed by atoms with van der Waals surface area (Å²) in [5, 5.41) is 3.69. The van der Waals surface area contributed by atoms with E-state index in [1.54, 1.807) is 19.2 Å². The van der Waals surface area contributed by atoms with E-state index in [0.29, 0.717) is 23.4 Å². The Morgan fingerprint density at radius 2 is 2.07 bits per heavy atom. The first-order chi connectivity index (χ1) is 14.0. The molecule has 1 N–H and O–H groups in total. The highest BCUT2D eigenvalue weighted by atomic mass is 16.5. The molecule has 1 aliphatic rings. The van der Waals surface area contributed by atoms with Crippen LogP contribution in [0.2, 0.25) is 0 Å². The number of nitrogens with one attached hydrogen (secondary N) is 1. The van der Waals surface area contributed by atoms with Crippen molar-refractivity contribution in [3.63, 3.8) is 0 Å². The highest BCUT2D eigenvalue weighted by Crippen LogP contribution is 2.26. The zero-order chi connectivity index (χ0) is 20.4. The Kier molecular flexibility index (Phi) is 5.25. The van der Waals surface area contributed by atoms with Crippen LogP contribution < -0.4 is 20.4 Å². The monoisotopic (exact) mass is 393 g/mol. The third kappa shape index (κ3) is 3.97. The third-order valence-electron chi connectivity index (χ3n) is 5.29. The largest absolute Gasteiger partial charge is 0.497 e. The lowest BCUT2D eigenvalue weighted by Crippen LogP contribution is -2.27. The number of hydrogen-bond acceptors (Lipinski definition) is 5. The minimum atomic E-state index is -0.496. The summed E-state index contributed by atoms with van der Waals surface area (Å²) < 4.78 is 16.2. The summed E-state index contributed by atoms with van der Waals surface area (Å²) in [7, 11) is 1.56. The summed E-state index contributed by atoms with van der Waals surface area (Å²) in [6, 6.07) is 11.3. The highest BCUT2D eigenvalue weighted by Gasteiger charge is 2.16. The molecule has 0 unspecified atom stereocenters. The number of rotatable bonds is 5. The second-order valence-electron chi connectivity index (χ2n) is 7.20. The first kappa shape index (κ1) is 19.1. The van der Waals surface area contributed by atoms with Crippen LogP contribution in [0.3, 0.4) is 0 Å². The van der Waals surface area contributed by atoms with Gasteiger partial charge in [0, 0.05) is 18.0 Å². The molecule has 6 heteroatoms. The maximum Gasteiger partial charge on any atom is 0.340 e. The third-order valence-corrected chi connectivity index (χ3v) is 5.29. The number of benzene rings is 2. The van der Waals surface area contributed by atoms with Crippen molar-refractivity contribution in [3.8, 4) is 11.5 Å². The second kappa shape index (κ2) is 7.99. The summed E-state index contributed by atoms with van der Waals surface area (Å²) in [5.74, 6) is 1.32. The van der Waals surface area contributed by atoms with Gasteiger partial charge in [0.1, 0.15) is 17.1 Å². The van der Waals surface area contributed by atoms with Gasteiger partial charge in [-0.2, -0.15) is 0 Å². The van der Waals surface area contributed by atoms with Gasteiger partial charge in [0.25, 0.3) is 0 Å².